The van der Waals surface area contributed by atoms with Crippen molar-refractivity contribution in [2.24, 2.45) is 26.4 Å². The van der Waals surface area contributed by atoms with Crippen LogP contribution in [0.25, 0.3) is 22.0 Å². The fourth-order valence-corrected chi connectivity index (χ4v) is 4.23. The molecule has 9 nitrogen and oxygen atoms in total. The molecule has 0 radical (unpaired) electrons. The van der Waals surface area contributed by atoms with Crippen molar-refractivity contribution >= 4 is 38.0 Å². The molecule has 0 bridgehead atoms. The van der Waals surface area contributed by atoms with Crippen LogP contribution in [0.1, 0.15) is 11.1 Å². The fraction of sp³-hybridized carbons (Fsp3) is 0.0870. The average molecular weight is 461 g/mol. The second-order valence-electron chi connectivity index (χ2n) is 7.33. The van der Waals surface area contributed by atoms with E-state index in [1.54, 1.807) is 36.5 Å². The van der Waals surface area contributed by atoms with E-state index in [9.17, 15) is 13.0 Å². The zero-order chi connectivity index (χ0) is 23.6. The van der Waals surface area contributed by atoms with Crippen LogP contribution in [0.15, 0.2) is 92.3 Å². The summed E-state index contributed by atoms with van der Waals surface area (Å²) in [4.78, 5) is 4.16. The highest BCUT2D eigenvalue weighted by molar-refractivity contribution is 7.86. The summed E-state index contributed by atoms with van der Waals surface area (Å²) in [5.41, 5.74) is 4.89. The van der Waals surface area contributed by atoms with E-state index in [1.165, 1.54) is 11.6 Å². The van der Waals surface area contributed by atoms with Crippen LogP contribution in [-0.2, 0) is 10.1 Å². The third-order valence-corrected chi connectivity index (χ3v) is 6.19. The molecule has 0 atom stereocenters. The van der Waals surface area contributed by atoms with Gasteiger partial charge in [0.25, 0.3) is 10.1 Å². The molecular weight excluding hydrogens is 440 g/mol. The van der Waals surface area contributed by atoms with E-state index >= 15 is 0 Å². The van der Waals surface area contributed by atoms with Crippen molar-refractivity contribution in [3.05, 3.63) is 78.0 Å². The van der Waals surface area contributed by atoms with Crippen LogP contribution < -0.4 is 5.84 Å². The highest BCUT2D eigenvalue weighted by Gasteiger charge is 2.20. The molecule has 0 spiro atoms. The van der Waals surface area contributed by atoms with E-state index < -0.39 is 10.1 Å². The third-order valence-electron chi connectivity index (χ3n) is 5.30. The molecule has 166 valence electrons. The van der Waals surface area contributed by atoms with Crippen molar-refractivity contribution in [2.45, 2.75) is 18.7 Å². The molecule has 1 aromatic heterocycles. The number of hydrogen-bond acceptors (Lipinski definition) is 7. The fourth-order valence-electron chi connectivity index (χ4n) is 3.51. The van der Waals surface area contributed by atoms with Gasteiger partial charge in [-0.1, -0.05) is 47.7 Å². The lowest BCUT2D eigenvalue weighted by Gasteiger charge is -2.09. The molecule has 0 fully saturated rings. The highest BCUT2D eigenvalue weighted by Crippen LogP contribution is 2.40. The number of benzene rings is 3. The van der Waals surface area contributed by atoms with Gasteiger partial charge in [0.05, 0.1) is 11.9 Å². The van der Waals surface area contributed by atoms with E-state index in [2.05, 4.69) is 25.5 Å². The maximum absolute atomic E-state index is 12.0. The topological polar surface area (TPSA) is 143 Å². The van der Waals surface area contributed by atoms with Gasteiger partial charge in [0.15, 0.2) is 0 Å². The Kier molecular flexibility index (Phi) is 5.95. The van der Waals surface area contributed by atoms with Gasteiger partial charge < -0.3 is 5.84 Å². The predicted octanol–water partition coefficient (Wildman–Crippen LogP) is 6.14. The van der Waals surface area contributed by atoms with Crippen LogP contribution in [0, 0.1) is 13.8 Å². The molecular formula is C23H20N6O3S. The van der Waals surface area contributed by atoms with Gasteiger partial charge in [-0.15, -0.1) is 15.3 Å². The molecule has 0 saturated carbocycles. The molecule has 4 aromatic rings. The number of pyridine rings is 1. The summed E-state index contributed by atoms with van der Waals surface area (Å²) in [7, 11) is -4.53. The Morgan fingerprint density at radius 1 is 0.909 bits per heavy atom. The Balaban J connectivity index is 1.78. The van der Waals surface area contributed by atoms with Crippen molar-refractivity contribution in [3.8, 4) is 11.3 Å². The number of azo groups is 1. The van der Waals surface area contributed by atoms with Crippen LogP contribution in [0.5, 0.6) is 0 Å². The lowest BCUT2D eigenvalue weighted by atomic mass is 10.0. The Labute approximate surface area is 190 Å². The summed E-state index contributed by atoms with van der Waals surface area (Å²) in [5, 5.41) is 16.2. The number of hydrogen-bond donors (Lipinski definition) is 2. The lowest BCUT2D eigenvalue weighted by Crippen LogP contribution is -1.99. The average Bonchev–Trinajstić information content (AvgIpc) is 2.80. The number of rotatable bonds is 5. The number of fused-ring (bicyclic) bond motifs is 1. The lowest BCUT2D eigenvalue weighted by molar-refractivity contribution is 0.484. The summed E-state index contributed by atoms with van der Waals surface area (Å²) in [5.74, 6) is 5.25. The summed E-state index contributed by atoms with van der Waals surface area (Å²) in [6.45, 7) is 4.09. The summed E-state index contributed by atoms with van der Waals surface area (Å²) < 4.78 is 33.6. The van der Waals surface area contributed by atoms with Crippen LogP contribution in [0.3, 0.4) is 0 Å². The molecule has 0 aliphatic heterocycles. The Hall–Kier alpha value is -4.02. The van der Waals surface area contributed by atoms with Crippen molar-refractivity contribution in [1.29, 1.82) is 0 Å². The molecule has 4 rings (SSSR count). The summed E-state index contributed by atoms with van der Waals surface area (Å²) in [6.07, 6.45) is 1.56. The minimum Gasteiger partial charge on any atom is -0.305 e. The number of aromatic nitrogens is 1. The molecule has 0 amide bonds. The first kappa shape index (κ1) is 22.2. The normalized spacial score (nSPS) is 12.2. The second-order valence-corrected chi connectivity index (χ2v) is 8.72. The highest BCUT2D eigenvalue weighted by atomic mass is 32.2. The van der Waals surface area contributed by atoms with Gasteiger partial charge in [0.2, 0.25) is 0 Å². The maximum atomic E-state index is 12.0. The molecule has 0 unspecified atom stereocenters. The molecule has 3 aromatic carbocycles. The standard InChI is InChI=1S/C23H20N6O3S/c1-14-6-5-9-17(15(14)2)20-11-10-16(13-25-20)26-27-21-12-22(33(30,31)32)18-7-3-4-8-19(18)23(21)28-29-24/h3-13H,1-2H3,(H2,24,28)(H,30,31,32). The van der Waals surface area contributed by atoms with Gasteiger partial charge in [-0.05, 0) is 43.2 Å². The molecule has 33 heavy (non-hydrogen) atoms. The van der Waals surface area contributed by atoms with E-state index in [-0.39, 0.29) is 21.7 Å². The Morgan fingerprint density at radius 3 is 2.33 bits per heavy atom. The zero-order valence-electron chi connectivity index (χ0n) is 17.8. The Morgan fingerprint density at radius 2 is 1.67 bits per heavy atom. The third kappa shape index (κ3) is 4.47. The van der Waals surface area contributed by atoms with E-state index in [0.29, 0.717) is 11.1 Å². The SMILES string of the molecule is Cc1cccc(-c2ccc(N=Nc3cc(S(=O)(=O)O)c4ccccc4c3N=NN)cn2)c1C. The largest absolute Gasteiger partial charge is 0.305 e. The van der Waals surface area contributed by atoms with Gasteiger partial charge in [-0.3, -0.25) is 9.54 Å². The van der Waals surface area contributed by atoms with Crippen molar-refractivity contribution in [3.63, 3.8) is 0 Å². The predicted molar refractivity (Wildman–Crippen MR) is 126 cm³/mol. The zero-order valence-corrected chi connectivity index (χ0v) is 18.7. The smallest absolute Gasteiger partial charge is 0.295 e. The maximum Gasteiger partial charge on any atom is 0.295 e. The minimum atomic E-state index is -4.53. The van der Waals surface area contributed by atoms with Crippen molar-refractivity contribution in [2.75, 3.05) is 0 Å². The van der Waals surface area contributed by atoms with Gasteiger partial charge in [0, 0.05) is 16.3 Å². The molecule has 0 saturated heterocycles. The van der Waals surface area contributed by atoms with E-state index in [1.807, 2.05) is 38.1 Å². The number of aryl methyl sites for hydroxylation is 1. The van der Waals surface area contributed by atoms with Crippen LogP contribution in [-0.4, -0.2) is 18.0 Å². The van der Waals surface area contributed by atoms with Gasteiger partial charge in [0.1, 0.15) is 22.0 Å². The first-order valence-corrected chi connectivity index (χ1v) is 11.3. The Bertz CT molecular complexity index is 1510. The molecule has 3 N–H and O–H groups in total. The first-order valence-electron chi connectivity index (χ1n) is 9.88. The first-order chi connectivity index (χ1) is 15.8. The van der Waals surface area contributed by atoms with Gasteiger partial charge >= 0.3 is 0 Å². The number of nitrogens with two attached hydrogens (primary N) is 1. The number of nitrogens with zero attached hydrogens (tertiary/aromatic N) is 5. The molecule has 0 aliphatic carbocycles. The van der Waals surface area contributed by atoms with Crippen LogP contribution in [0.4, 0.5) is 17.1 Å². The quantitative estimate of drug-likeness (QED) is 0.159. The molecule has 0 aliphatic rings. The van der Waals surface area contributed by atoms with Crippen LogP contribution >= 0.6 is 0 Å². The molecule has 1 heterocycles. The second kappa shape index (κ2) is 8.85. The molecule has 10 heteroatoms. The summed E-state index contributed by atoms with van der Waals surface area (Å²) >= 11 is 0. The van der Waals surface area contributed by atoms with Gasteiger partial charge in [-0.2, -0.15) is 8.42 Å². The summed E-state index contributed by atoms with van der Waals surface area (Å²) in [6, 6.07) is 17.3. The van der Waals surface area contributed by atoms with Crippen molar-refractivity contribution in [1.82, 2.24) is 4.98 Å². The van der Waals surface area contributed by atoms with E-state index in [0.717, 1.165) is 16.8 Å². The monoisotopic (exact) mass is 460 g/mol. The minimum absolute atomic E-state index is 0.0779. The van der Waals surface area contributed by atoms with E-state index in [4.69, 9.17) is 5.84 Å². The van der Waals surface area contributed by atoms with Gasteiger partial charge in [-0.25, -0.2) is 0 Å². The van der Waals surface area contributed by atoms with Crippen LogP contribution in [0.2, 0.25) is 0 Å². The van der Waals surface area contributed by atoms with Crippen molar-refractivity contribution < 1.29 is 13.0 Å².